The van der Waals surface area contributed by atoms with E-state index in [0.29, 0.717) is 6.42 Å². The molecule has 2 atom stereocenters. The van der Waals surface area contributed by atoms with Gasteiger partial charge in [-0.05, 0) is 38.5 Å². The van der Waals surface area contributed by atoms with E-state index in [4.69, 9.17) is 23.2 Å². The fourth-order valence-corrected chi connectivity index (χ4v) is 2.04. The molecule has 17 heavy (non-hydrogen) atoms. The lowest BCUT2D eigenvalue weighted by molar-refractivity contribution is 0.0938. The van der Waals surface area contributed by atoms with Crippen molar-refractivity contribution < 1.29 is 9.18 Å². The molecule has 0 aliphatic heterocycles. The lowest BCUT2D eigenvalue weighted by Crippen LogP contribution is -2.34. The molecule has 0 fully saturated rings. The fraction of sp³-hybridized carbons (Fsp3) is 0.417. The first-order valence-corrected chi connectivity index (χ1v) is 6.11. The van der Waals surface area contributed by atoms with Crippen LogP contribution in [0.5, 0.6) is 0 Å². The number of benzene rings is 1. The Morgan fingerprint density at radius 2 is 2.12 bits per heavy atom. The van der Waals surface area contributed by atoms with Gasteiger partial charge in [0.15, 0.2) is 0 Å². The number of carbonyl (C=O) groups is 1. The molecule has 0 aliphatic carbocycles. The summed E-state index contributed by atoms with van der Waals surface area (Å²) in [5.74, 6) is -0.784. The predicted octanol–water partition coefficient (Wildman–Crippen LogP) is 3.61. The van der Waals surface area contributed by atoms with E-state index in [2.05, 4.69) is 5.32 Å². The summed E-state index contributed by atoms with van der Waals surface area (Å²) in [6.45, 7) is 3.71. The Morgan fingerprint density at radius 3 is 2.65 bits per heavy atom. The van der Waals surface area contributed by atoms with E-state index < -0.39 is 5.82 Å². The third-order valence-corrected chi connectivity index (χ3v) is 2.72. The summed E-state index contributed by atoms with van der Waals surface area (Å²) in [4.78, 5) is 11.8. The van der Waals surface area contributed by atoms with Crippen LogP contribution in [0.2, 0.25) is 5.02 Å². The molecule has 0 bridgehead atoms. The summed E-state index contributed by atoms with van der Waals surface area (Å²) < 4.78 is 12.8. The van der Waals surface area contributed by atoms with Crippen LogP contribution in [0.4, 0.5) is 4.39 Å². The number of alkyl halides is 1. The second-order valence-electron chi connectivity index (χ2n) is 4.02. The highest BCUT2D eigenvalue weighted by atomic mass is 35.5. The first kappa shape index (κ1) is 14.3. The first-order valence-electron chi connectivity index (χ1n) is 5.30. The number of rotatable bonds is 4. The zero-order valence-corrected chi connectivity index (χ0v) is 11.1. The van der Waals surface area contributed by atoms with Crippen LogP contribution in [0.1, 0.15) is 30.6 Å². The average molecular weight is 278 g/mol. The Morgan fingerprint density at radius 1 is 1.47 bits per heavy atom. The molecule has 0 aliphatic rings. The van der Waals surface area contributed by atoms with Gasteiger partial charge in [-0.2, -0.15) is 0 Å². The van der Waals surface area contributed by atoms with Crippen molar-refractivity contribution in [1.82, 2.24) is 5.32 Å². The van der Waals surface area contributed by atoms with E-state index in [9.17, 15) is 9.18 Å². The molecule has 94 valence electrons. The SMILES string of the molecule is CC(Cl)CC(C)NC(=O)c1ccc(F)cc1Cl. The quantitative estimate of drug-likeness (QED) is 0.837. The molecule has 0 aromatic heterocycles. The lowest BCUT2D eigenvalue weighted by atomic mass is 10.1. The summed E-state index contributed by atoms with van der Waals surface area (Å²) in [5, 5.41) is 2.84. The topological polar surface area (TPSA) is 29.1 Å². The van der Waals surface area contributed by atoms with Gasteiger partial charge in [0.25, 0.3) is 5.91 Å². The molecule has 0 spiro atoms. The second-order valence-corrected chi connectivity index (χ2v) is 5.17. The van der Waals surface area contributed by atoms with Crippen LogP contribution in [-0.2, 0) is 0 Å². The van der Waals surface area contributed by atoms with Crippen molar-refractivity contribution >= 4 is 29.1 Å². The fourth-order valence-electron chi connectivity index (χ4n) is 1.52. The summed E-state index contributed by atoms with van der Waals surface area (Å²) in [6.07, 6.45) is 0.659. The molecule has 1 rings (SSSR count). The van der Waals surface area contributed by atoms with Crippen LogP contribution >= 0.6 is 23.2 Å². The van der Waals surface area contributed by atoms with Crippen LogP contribution in [-0.4, -0.2) is 17.3 Å². The number of nitrogens with one attached hydrogen (secondary N) is 1. The molecule has 2 nitrogen and oxygen atoms in total. The van der Waals surface area contributed by atoms with Crippen LogP contribution in [0.15, 0.2) is 18.2 Å². The Bertz CT molecular complexity index is 409. The zero-order valence-electron chi connectivity index (χ0n) is 9.64. The second kappa shape index (κ2) is 6.22. The van der Waals surface area contributed by atoms with Crippen LogP contribution in [0.25, 0.3) is 0 Å². The maximum atomic E-state index is 12.8. The number of amides is 1. The molecular weight excluding hydrogens is 264 g/mol. The van der Waals surface area contributed by atoms with E-state index in [0.717, 1.165) is 6.07 Å². The smallest absolute Gasteiger partial charge is 0.253 e. The van der Waals surface area contributed by atoms with Gasteiger partial charge < -0.3 is 5.32 Å². The molecule has 0 heterocycles. The van der Waals surface area contributed by atoms with Crippen molar-refractivity contribution in [2.75, 3.05) is 0 Å². The van der Waals surface area contributed by atoms with Crippen molar-refractivity contribution in [2.45, 2.75) is 31.7 Å². The lowest BCUT2D eigenvalue weighted by Gasteiger charge is -2.15. The number of halogens is 3. The first-order chi connectivity index (χ1) is 7.90. The molecule has 1 N–H and O–H groups in total. The minimum Gasteiger partial charge on any atom is -0.349 e. The monoisotopic (exact) mass is 277 g/mol. The van der Waals surface area contributed by atoms with E-state index >= 15 is 0 Å². The minimum atomic E-state index is -0.464. The molecule has 2 unspecified atom stereocenters. The Hall–Kier alpha value is -0.800. The Kier molecular flexibility index (Phi) is 5.22. The van der Waals surface area contributed by atoms with Crippen LogP contribution in [0.3, 0.4) is 0 Å². The number of hydrogen-bond acceptors (Lipinski definition) is 1. The number of hydrogen-bond donors (Lipinski definition) is 1. The van der Waals surface area contributed by atoms with Crippen molar-refractivity contribution in [3.8, 4) is 0 Å². The Labute approximate surface area is 110 Å². The average Bonchev–Trinajstić information content (AvgIpc) is 2.15. The molecule has 0 saturated carbocycles. The van der Waals surface area contributed by atoms with Gasteiger partial charge in [-0.3, -0.25) is 4.79 Å². The standard InChI is InChI=1S/C12H14Cl2FNO/c1-7(13)5-8(2)16-12(17)10-4-3-9(15)6-11(10)14/h3-4,6-8H,5H2,1-2H3,(H,16,17). The normalized spacial score (nSPS) is 14.2. The highest BCUT2D eigenvalue weighted by molar-refractivity contribution is 6.33. The largest absolute Gasteiger partial charge is 0.349 e. The maximum absolute atomic E-state index is 12.8. The summed E-state index contributed by atoms with van der Waals surface area (Å²) in [5.41, 5.74) is 0.266. The highest BCUT2D eigenvalue weighted by Gasteiger charge is 2.14. The van der Waals surface area contributed by atoms with Gasteiger partial charge in [0.05, 0.1) is 10.6 Å². The van der Waals surface area contributed by atoms with Crippen molar-refractivity contribution in [1.29, 1.82) is 0 Å². The number of carbonyl (C=O) groups excluding carboxylic acids is 1. The van der Waals surface area contributed by atoms with Crippen molar-refractivity contribution in [2.24, 2.45) is 0 Å². The van der Waals surface area contributed by atoms with E-state index in [1.807, 2.05) is 13.8 Å². The van der Waals surface area contributed by atoms with Gasteiger partial charge in [-0.25, -0.2) is 4.39 Å². The summed E-state index contributed by atoms with van der Waals surface area (Å²) in [6, 6.07) is 3.63. The van der Waals surface area contributed by atoms with Crippen molar-refractivity contribution in [3.63, 3.8) is 0 Å². The molecule has 1 amide bonds. The van der Waals surface area contributed by atoms with Gasteiger partial charge in [0.2, 0.25) is 0 Å². The van der Waals surface area contributed by atoms with E-state index in [-0.39, 0.29) is 27.9 Å². The molecule has 1 aromatic rings. The van der Waals surface area contributed by atoms with E-state index in [1.54, 1.807) is 0 Å². The minimum absolute atomic E-state index is 0.0195. The van der Waals surface area contributed by atoms with Gasteiger partial charge in [0.1, 0.15) is 5.82 Å². The van der Waals surface area contributed by atoms with Crippen molar-refractivity contribution in [3.05, 3.63) is 34.6 Å². The molecule has 0 radical (unpaired) electrons. The third kappa shape index (κ3) is 4.52. The Balaban J connectivity index is 2.70. The van der Waals surface area contributed by atoms with Gasteiger partial charge >= 0.3 is 0 Å². The molecule has 0 saturated heterocycles. The predicted molar refractivity (Wildman–Crippen MR) is 68.3 cm³/mol. The van der Waals surface area contributed by atoms with Gasteiger partial charge in [-0.1, -0.05) is 11.6 Å². The maximum Gasteiger partial charge on any atom is 0.253 e. The zero-order chi connectivity index (χ0) is 13.0. The third-order valence-electron chi connectivity index (χ3n) is 2.23. The van der Waals surface area contributed by atoms with E-state index in [1.165, 1.54) is 12.1 Å². The highest BCUT2D eigenvalue weighted by Crippen LogP contribution is 2.17. The van der Waals surface area contributed by atoms with Gasteiger partial charge in [-0.15, -0.1) is 11.6 Å². The summed E-state index contributed by atoms with van der Waals surface area (Å²) >= 11 is 11.6. The van der Waals surface area contributed by atoms with Crippen LogP contribution < -0.4 is 5.32 Å². The summed E-state index contributed by atoms with van der Waals surface area (Å²) in [7, 11) is 0. The molecule has 5 heteroatoms. The molecular formula is C12H14Cl2FNO. The molecule has 1 aromatic carbocycles. The van der Waals surface area contributed by atoms with Gasteiger partial charge in [0, 0.05) is 11.4 Å². The van der Waals surface area contributed by atoms with Crippen LogP contribution in [0, 0.1) is 5.82 Å².